The number of aromatic nitrogens is 4. The smallest absolute Gasteiger partial charge is 0.280 e. The summed E-state index contributed by atoms with van der Waals surface area (Å²) in [7, 11) is 3.13. The summed E-state index contributed by atoms with van der Waals surface area (Å²) in [5.74, 6) is 1.44. The first-order chi connectivity index (χ1) is 12.2. The molecule has 0 saturated carbocycles. The number of rotatable bonds is 4. The molecule has 3 aromatic rings. The molecule has 0 saturated heterocycles. The first kappa shape index (κ1) is 18.8. The van der Waals surface area contributed by atoms with Crippen LogP contribution in [0.3, 0.4) is 0 Å². The zero-order valence-electron chi connectivity index (χ0n) is 15.6. The van der Waals surface area contributed by atoms with Crippen molar-refractivity contribution in [2.24, 2.45) is 14.1 Å². The molecule has 3 aromatic heterocycles. The van der Waals surface area contributed by atoms with E-state index >= 15 is 0 Å². The highest BCUT2D eigenvalue weighted by atomic mass is 32.2. The maximum atomic E-state index is 12.7. The summed E-state index contributed by atoms with van der Waals surface area (Å²) in [6.07, 6.45) is 0.908. The molecule has 3 rings (SSSR count). The summed E-state index contributed by atoms with van der Waals surface area (Å²) in [4.78, 5) is 35.6. The number of hydrogen-bond donors (Lipinski definition) is 0. The van der Waals surface area contributed by atoms with Crippen LogP contribution in [0.4, 0.5) is 0 Å². The number of hydrogen-bond acceptors (Lipinski definition) is 6. The maximum absolute atomic E-state index is 12.7. The molecule has 0 fully saturated rings. The molecule has 0 atom stereocenters. The lowest BCUT2D eigenvalue weighted by molar-refractivity contribution is 0.539. The molecular formula is C18H22N4O2S2. The number of thiophene rings is 1. The Balaban J connectivity index is 2.15. The van der Waals surface area contributed by atoms with Gasteiger partial charge in [0.2, 0.25) is 0 Å². The normalized spacial score (nSPS) is 12.0. The summed E-state index contributed by atoms with van der Waals surface area (Å²) in [5.41, 5.74) is -0.608. The molecule has 0 amide bonds. The fraction of sp³-hybridized carbons (Fsp3) is 0.444. The molecular weight excluding hydrogens is 368 g/mol. The molecule has 0 radical (unpaired) electrons. The van der Waals surface area contributed by atoms with Gasteiger partial charge >= 0.3 is 5.69 Å². The van der Waals surface area contributed by atoms with Crippen molar-refractivity contribution in [2.45, 2.75) is 37.6 Å². The largest absolute Gasteiger partial charge is 0.332 e. The maximum Gasteiger partial charge on any atom is 0.332 e. The van der Waals surface area contributed by atoms with Gasteiger partial charge in [0.15, 0.2) is 5.65 Å². The third kappa shape index (κ3) is 3.48. The second-order valence-corrected chi connectivity index (χ2v) is 9.30. The molecule has 0 unspecified atom stereocenters. The van der Waals surface area contributed by atoms with Crippen molar-refractivity contribution in [3.05, 3.63) is 49.1 Å². The lowest BCUT2D eigenvalue weighted by atomic mass is 9.96. The lowest BCUT2D eigenvalue weighted by Gasteiger charge is -2.19. The highest BCUT2D eigenvalue weighted by Gasteiger charge is 2.23. The van der Waals surface area contributed by atoms with Crippen LogP contribution in [0.25, 0.3) is 11.0 Å². The van der Waals surface area contributed by atoms with Gasteiger partial charge in [-0.25, -0.2) is 14.8 Å². The van der Waals surface area contributed by atoms with Crippen molar-refractivity contribution in [3.63, 3.8) is 0 Å². The molecule has 0 aliphatic heterocycles. The molecule has 8 heteroatoms. The van der Waals surface area contributed by atoms with Gasteiger partial charge in [0.25, 0.3) is 5.56 Å². The van der Waals surface area contributed by atoms with Crippen LogP contribution in [0.5, 0.6) is 0 Å². The minimum absolute atomic E-state index is 0.283. The average Bonchev–Trinajstić information content (AvgIpc) is 3.10. The van der Waals surface area contributed by atoms with Crippen molar-refractivity contribution in [1.29, 1.82) is 0 Å². The van der Waals surface area contributed by atoms with Crippen molar-refractivity contribution in [2.75, 3.05) is 5.75 Å². The molecule has 6 nitrogen and oxygen atoms in total. The molecule has 0 aliphatic rings. The van der Waals surface area contributed by atoms with Gasteiger partial charge in [-0.3, -0.25) is 13.9 Å². The van der Waals surface area contributed by atoms with E-state index in [0.29, 0.717) is 21.9 Å². The lowest BCUT2D eigenvalue weighted by Crippen LogP contribution is -2.38. The molecule has 0 aromatic carbocycles. The van der Waals surface area contributed by atoms with Crippen LogP contribution >= 0.6 is 23.1 Å². The predicted molar refractivity (Wildman–Crippen MR) is 107 cm³/mol. The van der Waals surface area contributed by atoms with Crippen LogP contribution in [-0.2, 0) is 25.9 Å². The Labute approximate surface area is 159 Å². The van der Waals surface area contributed by atoms with Crippen LogP contribution in [0.2, 0.25) is 0 Å². The molecule has 0 spiro atoms. The zero-order chi connectivity index (χ0) is 19.1. The van der Waals surface area contributed by atoms with E-state index in [2.05, 4.69) is 16.4 Å². The topological polar surface area (TPSA) is 69.8 Å². The fourth-order valence-electron chi connectivity index (χ4n) is 2.57. The molecule has 26 heavy (non-hydrogen) atoms. The second-order valence-electron chi connectivity index (χ2n) is 7.18. The Bertz CT molecular complexity index is 1060. The first-order valence-electron chi connectivity index (χ1n) is 8.33. The number of nitrogens with zero attached hydrogens (tertiary/aromatic N) is 4. The molecule has 0 bridgehead atoms. The van der Waals surface area contributed by atoms with Crippen LogP contribution < -0.4 is 11.2 Å². The van der Waals surface area contributed by atoms with Gasteiger partial charge in [-0.05, 0) is 17.9 Å². The second kappa shape index (κ2) is 7.00. The van der Waals surface area contributed by atoms with E-state index in [1.807, 2.05) is 26.8 Å². The van der Waals surface area contributed by atoms with Gasteiger partial charge in [0.1, 0.15) is 16.2 Å². The van der Waals surface area contributed by atoms with E-state index in [9.17, 15) is 9.59 Å². The highest BCUT2D eigenvalue weighted by Crippen LogP contribution is 2.27. The van der Waals surface area contributed by atoms with E-state index in [-0.39, 0.29) is 16.7 Å². The Morgan fingerprint density at radius 1 is 1.15 bits per heavy atom. The minimum Gasteiger partial charge on any atom is -0.280 e. The minimum atomic E-state index is -0.379. The summed E-state index contributed by atoms with van der Waals surface area (Å²) < 4.78 is 2.54. The van der Waals surface area contributed by atoms with Crippen LogP contribution in [0.15, 0.2) is 32.1 Å². The summed E-state index contributed by atoms with van der Waals surface area (Å²) in [6, 6.07) is 4.14. The Morgan fingerprint density at radius 2 is 1.88 bits per heavy atom. The quantitative estimate of drug-likeness (QED) is 0.506. The van der Waals surface area contributed by atoms with E-state index < -0.39 is 0 Å². The molecule has 138 valence electrons. The Kier molecular flexibility index (Phi) is 5.07. The van der Waals surface area contributed by atoms with Gasteiger partial charge in [-0.1, -0.05) is 26.8 Å². The van der Waals surface area contributed by atoms with Gasteiger partial charge in [0, 0.05) is 30.1 Å². The molecule has 0 aliphatic carbocycles. The number of aryl methyl sites for hydroxylation is 2. The van der Waals surface area contributed by atoms with Crippen LogP contribution in [0.1, 0.15) is 31.5 Å². The summed E-state index contributed by atoms with van der Waals surface area (Å²) >= 11 is 3.26. The summed E-state index contributed by atoms with van der Waals surface area (Å²) in [5, 5.41) is 3.12. The van der Waals surface area contributed by atoms with Crippen LogP contribution in [-0.4, -0.2) is 24.9 Å². The first-order valence-corrected chi connectivity index (χ1v) is 10.2. The van der Waals surface area contributed by atoms with E-state index in [1.165, 1.54) is 16.5 Å². The van der Waals surface area contributed by atoms with Gasteiger partial charge < -0.3 is 0 Å². The van der Waals surface area contributed by atoms with Crippen molar-refractivity contribution < 1.29 is 0 Å². The van der Waals surface area contributed by atoms with E-state index in [1.54, 1.807) is 30.1 Å². The van der Waals surface area contributed by atoms with E-state index in [0.717, 1.165) is 16.7 Å². The molecule has 3 heterocycles. The standard InChI is InChI=1S/C18H22N4O2S2/c1-18(2,3)16-19-13-12(15(23)22(5)17(24)21(13)4)14(20-16)26-10-8-11-7-6-9-25-11/h6-7,9H,8,10H2,1-5H3. The monoisotopic (exact) mass is 390 g/mol. The van der Waals surface area contributed by atoms with Gasteiger partial charge in [0.05, 0.1) is 0 Å². The van der Waals surface area contributed by atoms with Gasteiger partial charge in [-0.2, -0.15) is 0 Å². The SMILES string of the molecule is Cn1c(=O)c2c(SCCc3cccs3)nc(C(C)(C)C)nc2n(C)c1=O. The number of thioether (sulfide) groups is 1. The predicted octanol–water partition coefficient (Wildman–Crippen LogP) is 2.72. The van der Waals surface area contributed by atoms with E-state index in [4.69, 9.17) is 4.98 Å². The molecule has 0 N–H and O–H groups in total. The zero-order valence-corrected chi connectivity index (χ0v) is 17.2. The van der Waals surface area contributed by atoms with Crippen LogP contribution in [0, 0.1) is 0 Å². The fourth-order valence-corrected chi connectivity index (χ4v) is 4.40. The highest BCUT2D eigenvalue weighted by molar-refractivity contribution is 7.99. The van der Waals surface area contributed by atoms with Crippen molar-refractivity contribution >= 4 is 34.1 Å². The Morgan fingerprint density at radius 3 is 2.50 bits per heavy atom. The Hall–Kier alpha value is -1.93. The van der Waals surface area contributed by atoms with Gasteiger partial charge in [-0.15, -0.1) is 23.1 Å². The number of fused-ring (bicyclic) bond motifs is 1. The van der Waals surface area contributed by atoms with Crippen molar-refractivity contribution in [3.8, 4) is 0 Å². The van der Waals surface area contributed by atoms with Crippen molar-refractivity contribution in [1.82, 2.24) is 19.1 Å². The average molecular weight is 391 g/mol. The third-order valence-corrected chi connectivity index (χ3v) is 6.02. The third-order valence-electron chi connectivity index (χ3n) is 4.10. The summed E-state index contributed by atoms with van der Waals surface area (Å²) in [6.45, 7) is 6.06.